The number of carbonyl (C=O) groups is 1. The number of hydrogen-bond acceptors (Lipinski definition) is 6. The van der Waals surface area contributed by atoms with Crippen molar-refractivity contribution >= 4 is 11.6 Å². The zero-order chi connectivity index (χ0) is 32.0. The lowest BCUT2D eigenvalue weighted by molar-refractivity contribution is -0.164. The number of aryl methyl sites for hydroxylation is 2. The third kappa shape index (κ3) is 5.71. The van der Waals surface area contributed by atoms with Crippen LogP contribution in [0.4, 0.5) is 4.39 Å². The van der Waals surface area contributed by atoms with Crippen molar-refractivity contribution in [3.05, 3.63) is 94.4 Å². The summed E-state index contributed by atoms with van der Waals surface area (Å²) in [5, 5.41) is 5.06. The second-order valence-electron chi connectivity index (χ2n) is 12.6. The Morgan fingerprint density at radius 2 is 1.76 bits per heavy atom. The Balaban J connectivity index is 1.64. The summed E-state index contributed by atoms with van der Waals surface area (Å²) in [5.74, 6) is -0.743. The fraction of sp³-hybridized carbons (Fsp3) is 0.324. The van der Waals surface area contributed by atoms with E-state index in [4.69, 9.17) is 24.3 Å². The number of aromatic nitrogens is 3. The van der Waals surface area contributed by atoms with Crippen molar-refractivity contribution in [1.29, 1.82) is 0 Å². The Hall–Kier alpha value is -4.56. The molecule has 0 aliphatic carbocycles. The normalized spacial score (nSPS) is 13.8. The smallest absolute Gasteiger partial charge is 0.339 e. The number of hydrogen-bond donors (Lipinski definition) is 0. The molecular weight excluding hydrogens is 569 g/mol. The lowest BCUT2D eigenvalue weighted by Gasteiger charge is -2.29. The zero-order valence-electron chi connectivity index (χ0n) is 26.8. The van der Waals surface area contributed by atoms with E-state index < -0.39 is 23.5 Å². The van der Waals surface area contributed by atoms with Crippen molar-refractivity contribution in [2.45, 2.75) is 66.1 Å². The van der Waals surface area contributed by atoms with Crippen LogP contribution in [-0.4, -0.2) is 39.9 Å². The SMILES string of the molecule is COC(=O)[C@@H](OC(C)(C)C)c1c(C)nc2cc(-c3cccc(-c4ccccc4C)c3)nn2c1-c1cc(F)c2c(c1C)CCCO2. The van der Waals surface area contributed by atoms with Crippen molar-refractivity contribution in [2.75, 3.05) is 13.7 Å². The zero-order valence-corrected chi connectivity index (χ0v) is 26.8. The topological polar surface area (TPSA) is 75.0 Å². The van der Waals surface area contributed by atoms with Crippen molar-refractivity contribution in [1.82, 2.24) is 14.6 Å². The molecule has 1 aliphatic rings. The number of nitrogens with zero attached hydrogens (tertiary/aromatic N) is 3. The van der Waals surface area contributed by atoms with Gasteiger partial charge in [-0.15, -0.1) is 0 Å². The maximum Gasteiger partial charge on any atom is 0.339 e. The van der Waals surface area contributed by atoms with Gasteiger partial charge < -0.3 is 14.2 Å². The van der Waals surface area contributed by atoms with Crippen LogP contribution in [0.25, 0.3) is 39.3 Å². The summed E-state index contributed by atoms with van der Waals surface area (Å²) < 4.78 is 34.8. The summed E-state index contributed by atoms with van der Waals surface area (Å²) >= 11 is 0. The van der Waals surface area contributed by atoms with Crippen molar-refractivity contribution in [2.24, 2.45) is 0 Å². The van der Waals surface area contributed by atoms with Crippen LogP contribution < -0.4 is 4.74 Å². The van der Waals surface area contributed by atoms with E-state index in [1.807, 2.05) is 65.0 Å². The molecule has 232 valence electrons. The molecule has 3 aromatic carbocycles. The van der Waals surface area contributed by atoms with E-state index >= 15 is 4.39 Å². The number of methoxy groups -OCH3 is 1. The molecule has 0 saturated carbocycles. The third-order valence-corrected chi connectivity index (χ3v) is 8.28. The quantitative estimate of drug-likeness (QED) is 0.181. The highest BCUT2D eigenvalue weighted by Gasteiger charge is 2.35. The largest absolute Gasteiger partial charge is 0.490 e. The van der Waals surface area contributed by atoms with E-state index in [0.29, 0.717) is 46.9 Å². The Labute approximate surface area is 263 Å². The molecule has 0 radical (unpaired) electrons. The molecule has 45 heavy (non-hydrogen) atoms. The first-order valence-corrected chi connectivity index (χ1v) is 15.2. The molecule has 0 N–H and O–H groups in total. The van der Waals surface area contributed by atoms with Gasteiger partial charge in [0.2, 0.25) is 0 Å². The molecule has 0 spiro atoms. The lowest BCUT2D eigenvalue weighted by atomic mass is 9.91. The standard InChI is InChI=1S/C37H38FN3O4/c1-21-12-8-9-15-26(21)24-13-10-14-25(18-24)30-20-31-39-23(3)32(35(36(42)43-7)45-37(4,5)6)33(41(31)40-30)28-19-29(38)34-27(22(28)2)16-11-17-44-34/h8-10,12-15,18-20,35H,11,16-17H2,1-7H3/t35-/m0/s1. The molecule has 5 aromatic rings. The second-order valence-corrected chi connectivity index (χ2v) is 12.6. The maximum atomic E-state index is 15.7. The van der Waals surface area contributed by atoms with E-state index in [1.54, 1.807) is 4.52 Å². The van der Waals surface area contributed by atoms with Crippen LogP contribution in [0.5, 0.6) is 5.75 Å². The molecule has 1 aliphatic heterocycles. The lowest BCUT2D eigenvalue weighted by Crippen LogP contribution is -2.30. The molecule has 0 unspecified atom stereocenters. The number of fused-ring (bicyclic) bond motifs is 2. The Morgan fingerprint density at radius 3 is 2.49 bits per heavy atom. The van der Waals surface area contributed by atoms with E-state index in [1.165, 1.54) is 18.7 Å². The van der Waals surface area contributed by atoms with E-state index in [0.717, 1.165) is 34.2 Å². The van der Waals surface area contributed by atoms with Gasteiger partial charge in [-0.2, -0.15) is 5.10 Å². The van der Waals surface area contributed by atoms with Crippen molar-refractivity contribution < 1.29 is 23.4 Å². The minimum atomic E-state index is -1.13. The van der Waals surface area contributed by atoms with Gasteiger partial charge in [-0.1, -0.05) is 42.5 Å². The predicted octanol–water partition coefficient (Wildman–Crippen LogP) is 8.15. The molecule has 2 aromatic heterocycles. The maximum absolute atomic E-state index is 15.7. The molecule has 0 bridgehead atoms. The van der Waals surface area contributed by atoms with Gasteiger partial charge in [0.1, 0.15) is 0 Å². The van der Waals surface area contributed by atoms with Gasteiger partial charge in [-0.3, -0.25) is 0 Å². The molecule has 3 heterocycles. The van der Waals surface area contributed by atoms with Crippen molar-refractivity contribution in [3.8, 4) is 39.4 Å². The first kappa shape index (κ1) is 30.5. The molecule has 0 fully saturated rings. The highest BCUT2D eigenvalue weighted by molar-refractivity contribution is 5.84. The Morgan fingerprint density at radius 1 is 1.00 bits per heavy atom. The summed E-state index contributed by atoms with van der Waals surface area (Å²) in [6.07, 6.45) is 0.340. The number of esters is 1. The summed E-state index contributed by atoms with van der Waals surface area (Å²) in [6.45, 7) is 12.0. The van der Waals surface area contributed by atoms with Gasteiger partial charge in [0.25, 0.3) is 0 Å². The van der Waals surface area contributed by atoms with Crippen LogP contribution in [0.2, 0.25) is 0 Å². The van der Waals surface area contributed by atoms with Crippen LogP contribution >= 0.6 is 0 Å². The minimum Gasteiger partial charge on any atom is -0.490 e. The van der Waals surface area contributed by atoms with Gasteiger partial charge in [0.15, 0.2) is 23.3 Å². The first-order chi connectivity index (χ1) is 21.5. The molecule has 1 atom stereocenters. The summed E-state index contributed by atoms with van der Waals surface area (Å²) in [7, 11) is 1.33. The average molecular weight is 608 g/mol. The minimum absolute atomic E-state index is 0.288. The second kappa shape index (κ2) is 11.7. The van der Waals surface area contributed by atoms with Gasteiger partial charge in [-0.05, 0) is 88.8 Å². The summed E-state index contributed by atoms with van der Waals surface area (Å²) in [4.78, 5) is 18.3. The van der Waals surface area contributed by atoms with Gasteiger partial charge in [0.05, 0.1) is 30.7 Å². The van der Waals surface area contributed by atoms with Gasteiger partial charge in [-0.25, -0.2) is 18.7 Å². The Bertz CT molecular complexity index is 1940. The number of carbonyl (C=O) groups excluding carboxylic acids is 1. The van der Waals surface area contributed by atoms with E-state index in [-0.39, 0.29) is 5.75 Å². The van der Waals surface area contributed by atoms with Crippen LogP contribution in [0, 0.1) is 26.6 Å². The molecular formula is C37H38FN3O4. The third-order valence-electron chi connectivity index (χ3n) is 8.28. The van der Waals surface area contributed by atoms with Crippen LogP contribution in [0.15, 0.2) is 60.7 Å². The highest BCUT2D eigenvalue weighted by atomic mass is 19.1. The van der Waals surface area contributed by atoms with Crippen LogP contribution in [-0.2, 0) is 20.7 Å². The van der Waals surface area contributed by atoms with Crippen LogP contribution in [0.3, 0.4) is 0 Å². The molecule has 7 nitrogen and oxygen atoms in total. The number of rotatable bonds is 6. The van der Waals surface area contributed by atoms with Crippen molar-refractivity contribution in [3.63, 3.8) is 0 Å². The number of halogens is 1. The summed E-state index contributed by atoms with van der Waals surface area (Å²) in [5.41, 5.74) is 8.70. The first-order valence-electron chi connectivity index (χ1n) is 15.2. The fourth-order valence-electron chi connectivity index (χ4n) is 6.18. The van der Waals surface area contributed by atoms with Crippen LogP contribution in [0.1, 0.15) is 61.2 Å². The highest BCUT2D eigenvalue weighted by Crippen LogP contribution is 2.42. The van der Waals surface area contributed by atoms with Gasteiger partial charge >= 0.3 is 5.97 Å². The molecule has 0 amide bonds. The molecule has 6 rings (SSSR count). The average Bonchev–Trinajstić information content (AvgIpc) is 3.44. The van der Waals surface area contributed by atoms with Gasteiger partial charge in [0, 0.05) is 34.0 Å². The number of benzene rings is 3. The fourth-order valence-corrected chi connectivity index (χ4v) is 6.18. The molecule has 0 saturated heterocycles. The number of ether oxygens (including phenoxy) is 3. The predicted molar refractivity (Wildman–Crippen MR) is 173 cm³/mol. The van der Waals surface area contributed by atoms with E-state index in [2.05, 4.69) is 31.2 Å². The summed E-state index contributed by atoms with van der Waals surface area (Å²) in [6, 6.07) is 19.9. The van der Waals surface area contributed by atoms with E-state index in [9.17, 15) is 4.79 Å². The Kier molecular flexibility index (Phi) is 7.95. The molecule has 8 heteroatoms. The monoisotopic (exact) mass is 607 g/mol.